The van der Waals surface area contributed by atoms with Crippen LogP contribution < -0.4 is 5.32 Å². The highest BCUT2D eigenvalue weighted by Crippen LogP contribution is 2.20. The first-order valence-electron chi connectivity index (χ1n) is 6.88. The summed E-state index contributed by atoms with van der Waals surface area (Å²) in [7, 11) is 0. The zero-order chi connectivity index (χ0) is 12.3. The fraction of sp³-hybridized carbons (Fsp3) is 1.00. The molecule has 0 radical (unpaired) electrons. The van der Waals surface area contributed by atoms with Crippen LogP contribution in [0.3, 0.4) is 0 Å². The third-order valence-corrected chi connectivity index (χ3v) is 3.92. The minimum absolute atomic E-state index is 0.259. The van der Waals surface area contributed by atoms with Crippen LogP contribution in [0.4, 0.5) is 0 Å². The van der Waals surface area contributed by atoms with Crippen LogP contribution in [0.25, 0.3) is 0 Å². The molecule has 1 N–H and O–H groups in total. The Morgan fingerprint density at radius 1 is 1.24 bits per heavy atom. The summed E-state index contributed by atoms with van der Waals surface area (Å²) in [5, 5.41) is 3.41. The molecule has 2 saturated heterocycles. The van der Waals surface area contributed by atoms with Crippen molar-refractivity contribution in [3.8, 4) is 0 Å². The molecule has 17 heavy (non-hydrogen) atoms. The second-order valence-electron chi connectivity index (χ2n) is 5.97. The van der Waals surface area contributed by atoms with Crippen molar-refractivity contribution in [2.24, 2.45) is 0 Å². The van der Waals surface area contributed by atoms with Gasteiger partial charge < -0.3 is 10.1 Å². The van der Waals surface area contributed by atoms with Crippen LogP contribution >= 0.6 is 0 Å². The van der Waals surface area contributed by atoms with Gasteiger partial charge in [0, 0.05) is 51.4 Å². The number of hydrogen-bond donors (Lipinski definition) is 1. The Hall–Kier alpha value is -0.160. The molecule has 0 aromatic carbocycles. The van der Waals surface area contributed by atoms with Crippen LogP contribution in [-0.4, -0.2) is 73.9 Å². The van der Waals surface area contributed by atoms with E-state index in [0.717, 1.165) is 32.8 Å². The number of nitrogens with zero attached hydrogens (tertiary/aromatic N) is 2. The molecule has 2 heterocycles. The SMILES string of the molecule is CC1CN(C(C)(C)CN2CCNCC2)CCO1. The smallest absolute Gasteiger partial charge is 0.0674 e. The summed E-state index contributed by atoms with van der Waals surface area (Å²) < 4.78 is 5.63. The van der Waals surface area contributed by atoms with Gasteiger partial charge in [-0.3, -0.25) is 9.80 Å². The van der Waals surface area contributed by atoms with Crippen molar-refractivity contribution in [2.45, 2.75) is 32.4 Å². The lowest BCUT2D eigenvalue weighted by atomic mass is 10.00. The van der Waals surface area contributed by atoms with Crippen molar-refractivity contribution < 1.29 is 4.74 Å². The Morgan fingerprint density at radius 3 is 2.59 bits per heavy atom. The molecule has 2 fully saturated rings. The first-order chi connectivity index (χ1) is 8.08. The monoisotopic (exact) mass is 241 g/mol. The number of nitrogens with one attached hydrogen (secondary N) is 1. The lowest BCUT2D eigenvalue weighted by Crippen LogP contribution is -2.58. The van der Waals surface area contributed by atoms with Gasteiger partial charge >= 0.3 is 0 Å². The third kappa shape index (κ3) is 3.65. The van der Waals surface area contributed by atoms with E-state index in [0.29, 0.717) is 6.10 Å². The first kappa shape index (κ1) is 13.3. The fourth-order valence-corrected chi connectivity index (χ4v) is 2.88. The molecule has 0 saturated carbocycles. The average molecular weight is 241 g/mol. The van der Waals surface area contributed by atoms with Gasteiger partial charge in [0.1, 0.15) is 0 Å². The number of ether oxygens (including phenoxy) is 1. The van der Waals surface area contributed by atoms with Gasteiger partial charge in [-0.15, -0.1) is 0 Å². The van der Waals surface area contributed by atoms with E-state index in [1.165, 1.54) is 19.6 Å². The standard InChI is InChI=1S/C13H27N3O/c1-12-10-16(8-9-17-12)13(2,3)11-15-6-4-14-5-7-15/h12,14H,4-11H2,1-3H3. The van der Waals surface area contributed by atoms with E-state index in [9.17, 15) is 0 Å². The topological polar surface area (TPSA) is 27.7 Å². The molecule has 4 heteroatoms. The van der Waals surface area contributed by atoms with Crippen LogP contribution in [0.5, 0.6) is 0 Å². The van der Waals surface area contributed by atoms with E-state index in [1.807, 2.05) is 0 Å². The summed E-state index contributed by atoms with van der Waals surface area (Å²) in [4.78, 5) is 5.17. The van der Waals surface area contributed by atoms with E-state index < -0.39 is 0 Å². The second-order valence-corrected chi connectivity index (χ2v) is 5.97. The van der Waals surface area contributed by atoms with E-state index in [-0.39, 0.29) is 5.54 Å². The summed E-state index contributed by atoms with van der Waals surface area (Å²) in [5.74, 6) is 0. The maximum absolute atomic E-state index is 5.63. The van der Waals surface area contributed by atoms with Gasteiger partial charge in [-0.2, -0.15) is 0 Å². The largest absolute Gasteiger partial charge is 0.376 e. The molecule has 100 valence electrons. The van der Waals surface area contributed by atoms with Gasteiger partial charge in [-0.25, -0.2) is 0 Å². The Kier molecular flexibility index (Phi) is 4.42. The number of morpholine rings is 1. The van der Waals surface area contributed by atoms with Crippen molar-refractivity contribution in [3.63, 3.8) is 0 Å². The molecule has 0 spiro atoms. The number of hydrogen-bond acceptors (Lipinski definition) is 4. The van der Waals surface area contributed by atoms with Crippen molar-refractivity contribution in [3.05, 3.63) is 0 Å². The lowest BCUT2D eigenvalue weighted by Gasteiger charge is -2.45. The van der Waals surface area contributed by atoms with Crippen LogP contribution in [0.2, 0.25) is 0 Å². The third-order valence-electron chi connectivity index (χ3n) is 3.92. The van der Waals surface area contributed by atoms with Crippen LogP contribution in [-0.2, 0) is 4.74 Å². The quantitative estimate of drug-likeness (QED) is 0.774. The Balaban J connectivity index is 1.87. The van der Waals surface area contributed by atoms with E-state index in [4.69, 9.17) is 4.74 Å². The maximum atomic E-state index is 5.63. The minimum atomic E-state index is 0.259. The molecule has 0 aromatic rings. The minimum Gasteiger partial charge on any atom is -0.376 e. The number of rotatable bonds is 3. The Morgan fingerprint density at radius 2 is 1.94 bits per heavy atom. The molecule has 1 unspecified atom stereocenters. The van der Waals surface area contributed by atoms with Gasteiger partial charge in [0.2, 0.25) is 0 Å². The highest BCUT2D eigenvalue weighted by atomic mass is 16.5. The molecule has 1 atom stereocenters. The maximum Gasteiger partial charge on any atom is 0.0674 e. The van der Waals surface area contributed by atoms with Gasteiger partial charge in [-0.1, -0.05) is 0 Å². The predicted molar refractivity (Wildman–Crippen MR) is 70.4 cm³/mol. The van der Waals surface area contributed by atoms with E-state index in [2.05, 4.69) is 35.9 Å². The molecule has 2 aliphatic heterocycles. The average Bonchev–Trinajstić information content (AvgIpc) is 2.30. The highest BCUT2D eigenvalue weighted by Gasteiger charge is 2.32. The van der Waals surface area contributed by atoms with Gasteiger partial charge in [0.05, 0.1) is 12.7 Å². The van der Waals surface area contributed by atoms with Crippen molar-refractivity contribution in [1.82, 2.24) is 15.1 Å². The van der Waals surface area contributed by atoms with Gasteiger partial charge in [-0.05, 0) is 20.8 Å². The van der Waals surface area contributed by atoms with Crippen LogP contribution in [0, 0.1) is 0 Å². The fourth-order valence-electron chi connectivity index (χ4n) is 2.88. The molecular formula is C13H27N3O. The Bertz CT molecular complexity index is 239. The van der Waals surface area contributed by atoms with E-state index >= 15 is 0 Å². The molecule has 0 aliphatic carbocycles. The van der Waals surface area contributed by atoms with Crippen LogP contribution in [0.1, 0.15) is 20.8 Å². The van der Waals surface area contributed by atoms with Crippen molar-refractivity contribution >= 4 is 0 Å². The van der Waals surface area contributed by atoms with E-state index in [1.54, 1.807) is 0 Å². The van der Waals surface area contributed by atoms with Crippen LogP contribution in [0.15, 0.2) is 0 Å². The van der Waals surface area contributed by atoms with Crippen molar-refractivity contribution in [2.75, 3.05) is 52.4 Å². The zero-order valence-corrected chi connectivity index (χ0v) is 11.5. The summed E-state index contributed by atoms with van der Waals surface area (Å²) in [6, 6.07) is 0. The molecule has 0 bridgehead atoms. The normalized spacial score (nSPS) is 29.5. The summed E-state index contributed by atoms with van der Waals surface area (Å²) in [5.41, 5.74) is 0.259. The predicted octanol–water partition coefficient (Wildman–Crippen LogP) is 0.391. The number of piperazine rings is 1. The molecule has 2 aliphatic rings. The molecule has 4 nitrogen and oxygen atoms in total. The molecular weight excluding hydrogens is 214 g/mol. The zero-order valence-electron chi connectivity index (χ0n) is 11.5. The Labute approximate surface area is 105 Å². The van der Waals surface area contributed by atoms with Gasteiger partial charge in [0.25, 0.3) is 0 Å². The first-order valence-corrected chi connectivity index (χ1v) is 6.88. The summed E-state index contributed by atoms with van der Waals surface area (Å²) in [6.45, 7) is 15.7. The van der Waals surface area contributed by atoms with Gasteiger partial charge in [0.15, 0.2) is 0 Å². The molecule has 0 amide bonds. The summed E-state index contributed by atoms with van der Waals surface area (Å²) >= 11 is 0. The van der Waals surface area contributed by atoms with Crippen molar-refractivity contribution in [1.29, 1.82) is 0 Å². The highest BCUT2D eigenvalue weighted by molar-refractivity contribution is 4.88. The second kappa shape index (κ2) is 5.65. The lowest BCUT2D eigenvalue weighted by molar-refractivity contribution is -0.0614. The molecule has 0 aromatic heterocycles. The molecule has 2 rings (SSSR count). The summed E-state index contributed by atoms with van der Waals surface area (Å²) in [6.07, 6.45) is 0.381.